The van der Waals surface area contributed by atoms with E-state index in [9.17, 15) is 9.59 Å². The minimum absolute atomic E-state index is 0.272. The number of piperazine rings is 1. The number of hydrogen-bond acceptors (Lipinski definition) is 4. The highest BCUT2D eigenvalue weighted by atomic mass is 16.2. The predicted molar refractivity (Wildman–Crippen MR) is 102 cm³/mol. The maximum atomic E-state index is 12.8. The molecule has 1 atom stereocenters. The van der Waals surface area contributed by atoms with Crippen molar-refractivity contribution in [3.8, 4) is 0 Å². The van der Waals surface area contributed by atoms with E-state index in [1.807, 2.05) is 0 Å². The highest BCUT2D eigenvalue weighted by Crippen LogP contribution is 2.29. The second-order valence-corrected chi connectivity index (χ2v) is 8.60. The van der Waals surface area contributed by atoms with Crippen LogP contribution in [0.25, 0.3) is 0 Å². The molecule has 3 fully saturated rings. The molecule has 0 aromatic heterocycles. The van der Waals surface area contributed by atoms with E-state index < -0.39 is 0 Å². The van der Waals surface area contributed by atoms with Crippen molar-refractivity contribution >= 4 is 11.9 Å². The second kappa shape index (κ2) is 8.13. The molecule has 3 N–H and O–H groups in total. The van der Waals surface area contributed by atoms with Crippen LogP contribution >= 0.6 is 0 Å². The molecule has 0 aromatic rings. The van der Waals surface area contributed by atoms with E-state index in [0.29, 0.717) is 25.4 Å². The largest absolute Gasteiger partial charge is 0.351 e. The number of carbonyl (C=O) groups is 2. The van der Waals surface area contributed by atoms with Gasteiger partial charge in [-0.25, -0.2) is 4.79 Å². The normalized spacial score (nSPS) is 28.2. The number of carbonyl (C=O) groups excluding carboxylic acids is 2. The van der Waals surface area contributed by atoms with Crippen molar-refractivity contribution in [3.05, 3.63) is 0 Å². The van der Waals surface area contributed by atoms with E-state index in [1.54, 1.807) is 4.90 Å². The summed E-state index contributed by atoms with van der Waals surface area (Å²) < 4.78 is 0. The summed E-state index contributed by atoms with van der Waals surface area (Å²) in [5.41, 5.74) is 5.61. The van der Waals surface area contributed by atoms with Gasteiger partial charge in [-0.2, -0.15) is 0 Å². The molecule has 3 aliphatic heterocycles. The van der Waals surface area contributed by atoms with Gasteiger partial charge < -0.3 is 20.9 Å². The zero-order valence-corrected chi connectivity index (χ0v) is 16.4. The molecule has 3 heterocycles. The Morgan fingerprint density at radius 3 is 2.35 bits per heavy atom. The molecule has 1 unspecified atom stereocenters. The number of nitrogens with two attached hydrogens (primary N) is 1. The summed E-state index contributed by atoms with van der Waals surface area (Å²) in [6, 6.07) is -0.0698. The van der Waals surface area contributed by atoms with Crippen LogP contribution < -0.4 is 11.1 Å². The van der Waals surface area contributed by atoms with Crippen molar-refractivity contribution in [2.75, 3.05) is 45.8 Å². The van der Waals surface area contributed by atoms with Crippen LogP contribution in [0.5, 0.6) is 0 Å². The third-order valence-corrected chi connectivity index (χ3v) is 6.78. The summed E-state index contributed by atoms with van der Waals surface area (Å²) in [5, 5.41) is 3.45. The molecule has 3 aliphatic rings. The Kier molecular flexibility index (Phi) is 6.07. The smallest absolute Gasteiger partial charge is 0.314 e. The summed E-state index contributed by atoms with van der Waals surface area (Å²) in [5.74, 6) is 0.662. The standard InChI is InChI=1S/C19H35N5O2/c1-15-14-23(19(2)5-7-21-8-6-19)11-12-24(15)17(25)13-16-3-9-22(10-4-16)18(20)26/h15-16,21H,3-14H2,1-2H3,(H2,20,26). The van der Waals surface area contributed by atoms with Crippen LogP contribution in [0.1, 0.15) is 46.0 Å². The number of rotatable bonds is 3. The van der Waals surface area contributed by atoms with Gasteiger partial charge in [0.25, 0.3) is 0 Å². The minimum Gasteiger partial charge on any atom is -0.351 e. The van der Waals surface area contributed by atoms with Crippen molar-refractivity contribution in [3.63, 3.8) is 0 Å². The fourth-order valence-corrected chi connectivity index (χ4v) is 4.82. The molecule has 0 radical (unpaired) electrons. The first-order valence-corrected chi connectivity index (χ1v) is 10.2. The van der Waals surface area contributed by atoms with Gasteiger partial charge in [0.2, 0.25) is 5.91 Å². The molecule has 0 saturated carbocycles. The maximum Gasteiger partial charge on any atom is 0.314 e. The van der Waals surface area contributed by atoms with Gasteiger partial charge in [-0.1, -0.05) is 0 Å². The van der Waals surface area contributed by atoms with Gasteiger partial charge in [0, 0.05) is 50.7 Å². The Morgan fingerprint density at radius 2 is 1.77 bits per heavy atom. The average molecular weight is 366 g/mol. The van der Waals surface area contributed by atoms with Crippen molar-refractivity contribution in [2.24, 2.45) is 11.7 Å². The maximum absolute atomic E-state index is 12.8. The fourth-order valence-electron chi connectivity index (χ4n) is 4.82. The number of primary amides is 1. The van der Waals surface area contributed by atoms with Gasteiger partial charge >= 0.3 is 6.03 Å². The van der Waals surface area contributed by atoms with Crippen LogP contribution in [0.4, 0.5) is 4.79 Å². The third-order valence-electron chi connectivity index (χ3n) is 6.78. The highest BCUT2D eigenvalue weighted by Gasteiger charge is 2.38. The number of likely N-dealkylation sites (tertiary alicyclic amines) is 1. The SMILES string of the molecule is CC1CN(C2(C)CCNCC2)CCN1C(=O)CC1CCN(C(N)=O)CC1. The van der Waals surface area contributed by atoms with Crippen LogP contribution in [-0.2, 0) is 4.79 Å². The lowest BCUT2D eigenvalue weighted by Gasteiger charge is -2.50. The van der Waals surface area contributed by atoms with E-state index in [1.165, 1.54) is 12.8 Å². The number of urea groups is 1. The Morgan fingerprint density at radius 1 is 1.12 bits per heavy atom. The van der Waals surface area contributed by atoms with Gasteiger partial charge in [0.15, 0.2) is 0 Å². The molecule has 0 spiro atoms. The van der Waals surface area contributed by atoms with E-state index in [4.69, 9.17) is 5.73 Å². The van der Waals surface area contributed by atoms with Gasteiger partial charge in [-0.15, -0.1) is 0 Å². The molecule has 3 saturated heterocycles. The van der Waals surface area contributed by atoms with E-state index in [2.05, 4.69) is 29.0 Å². The van der Waals surface area contributed by atoms with E-state index >= 15 is 0 Å². The van der Waals surface area contributed by atoms with Gasteiger partial charge in [0.1, 0.15) is 0 Å². The van der Waals surface area contributed by atoms with Gasteiger partial charge in [-0.3, -0.25) is 9.69 Å². The lowest BCUT2D eigenvalue weighted by Crippen LogP contribution is -2.62. The molecule has 26 heavy (non-hydrogen) atoms. The van der Waals surface area contributed by atoms with E-state index in [0.717, 1.165) is 45.6 Å². The van der Waals surface area contributed by atoms with Gasteiger partial charge in [-0.05, 0) is 58.5 Å². The molecular weight excluding hydrogens is 330 g/mol. The van der Waals surface area contributed by atoms with Crippen molar-refractivity contribution < 1.29 is 9.59 Å². The fraction of sp³-hybridized carbons (Fsp3) is 0.895. The first-order valence-electron chi connectivity index (χ1n) is 10.2. The summed E-state index contributed by atoms with van der Waals surface area (Å²) in [7, 11) is 0. The number of amides is 3. The molecule has 0 bridgehead atoms. The summed E-state index contributed by atoms with van der Waals surface area (Å²) in [4.78, 5) is 30.4. The molecule has 0 aromatic carbocycles. The molecular formula is C19H35N5O2. The van der Waals surface area contributed by atoms with Crippen LogP contribution in [-0.4, -0.2) is 84.0 Å². The number of piperidine rings is 2. The Labute approximate surface area is 157 Å². The molecule has 7 nitrogen and oxygen atoms in total. The van der Waals surface area contributed by atoms with Crippen LogP contribution in [0.15, 0.2) is 0 Å². The summed E-state index contributed by atoms with van der Waals surface area (Å²) in [6.45, 7) is 10.9. The number of hydrogen-bond donors (Lipinski definition) is 2. The van der Waals surface area contributed by atoms with Crippen LogP contribution in [0, 0.1) is 5.92 Å². The van der Waals surface area contributed by atoms with Crippen molar-refractivity contribution in [2.45, 2.75) is 57.5 Å². The topological polar surface area (TPSA) is 81.9 Å². The Balaban J connectivity index is 1.48. The first kappa shape index (κ1) is 19.4. The first-order chi connectivity index (χ1) is 12.4. The molecule has 148 valence electrons. The lowest BCUT2D eigenvalue weighted by molar-refractivity contribution is -0.138. The van der Waals surface area contributed by atoms with Crippen molar-refractivity contribution in [1.82, 2.24) is 20.0 Å². The molecule has 3 amide bonds. The van der Waals surface area contributed by atoms with E-state index in [-0.39, 0.29) is 23.5 Å². The van der Waals surface area contributed by atoms with Crippen molar-refractivity contribution in [1.29, 1.82) is 0 Å². The molecule has 3 rings (SSSR count). The zero-order chi connectivity index (χ0) is 18.7. The van der Waals surface area contributed by atoms with Crippen LogP contribution in [0.2, 0.25) is 0 Å². The second-order valence-electron chi connectivity index (χ2n) is 8.60. The van der Waals surface area contributed by atoms with Crippen LogP contribution in [0.3, 0.4) is 0 Å². The monoisotopic (exact) mass is 365 g/mol. The lowest BCUT2D eigenvalue weighted by atomic mass is 9.87. The third kappa shape index (κ3) is 4.31. The van der Waals surface area contributed by atoms with Gasteiger partial charge in [0.05, 0.1) is 0 Å². The summed E-state index contributed by atoms with van der Waals surface area (Å²) in [6.07, 6.45) is 4.75. The average Bonchev–Trinajstić information content (AvgIpc) is 2.62. The summed E-state index contributed by atoms with van der Waals surface area (Å²) >= 11 is 0. The Hall–Kier alpha value is -1.34. The minimum atomic E-state index is -0.342. The number of nitrogens with one attached hydrogen (secondary N) is 1. The number of nitrogens with zero attached hydrogens (tertiary/aromatic N) is 3. The molecule has 0 aliphatic carbocycles. The quantitative estimate of drug-likeness (QED) is 0.777. The zero-order valence-electron chi connectivity index (χ0n) is 16.4. The Bertz CT molecular complexity index is 512. The predicted octanol–water partition coefficient (Wildman–Crippen LogP) is 0.842. The molecule has 7 heteroatoms. The highest BCUT2D eigenvalue weighted by molar-refractivity contribution is 5.77.